The van der Waals surface area contributed by atoms with Gasteiger partial charge < -0.3 is 10.6 Å². The fourth-order valence-electron chi connectivity index (χ4n) is 3.83. The third-order valence-corrected chi connectivity index (χ3v) is 6.77. The Morgan fingerprint density at radius 3 is 2.85 bits per heavy atom. The van der Waals surface area contributed by atoms with E-state index in [0.717, 1.165) is 19.6 Å². The molecule has 3 heterocycles. The Kier molecular flexibility index (Phi) is 3.77. The monoisotopic (exact) mass is 301 g/mol. The van der Waals surface area contributed by atoms with Gasteiger partial charge in [-0.1, -0.05) is 0 Å². The first-order valence-corrected chi connectivity index (χ1v) is 9.21. The number of hydrogen-bond acceptors (Lipinski definition) is 5. The number of hydrogen-bond donors (Lipinski definition) is 2. The average Bonchev–Trinajstić information content (AvgIpc) is 2.99. The fourth-order valence-corrected chi connectivity index (χ4v) is 5.50. The van der Waals surface area contributed by atoms with Crippen LogP contribution >= 0.6 is 0 Å². The van der Waals surface area contributed by atoms with Crippen LogP contribution < -0.4 is 10.6 Å². The molecule has 1 amide bonds. The van der Waals surface area contributed by atoms with Crippen molar-refractivity contribution in [1.82, 2.24) is 15.5 Å². The van der Waals surface area contributed by atoms with Gasteiger partial charge in [0.05, 0.1) is 18.1 Å². The van der Waals surface area contributed by atoms with Gasteiger partial charge in [0.25, 0.3) is 0 Å². The highest BCUT2D eigenvalue weighted by molar-refractivity contribution is 7.91. The van der Waals surface area contributed by atoms with Gasteiger partial charge in [-0.2, -0.15) is 0 Å². The molecule has 3 fully saturated rings. The quantitative estimate of drug-likeness (QED) is 0.687. The highest BCUT2D eigenvalue weighted by Crippen LogP contribution is 2.31. The molecule has 4 unspecified atom stereocenters. The maximum absolute atomic E-state index is 12.1. The van der Waals surface area contributed by atoms with E-state index in [-0.39, 0.29) is 23.5 Å². The third kappa shape index (κ3) is 2.84. The van der Waals surface area contributed by atoms with Crippen molar-refractivity contribution in [3.8, 4) is 0 Å². The second-order valence-electron chi connectivity index (χ2n) is 6.42. The van der Waals surface area contributed by atoms with Crippen molar-refractivity contribution in [2.75, 3.05) is 37.7 Å². The molecule has 0 aliphatic carbocycles. The predicted molar refractivity (Wildman–Crippen MR) is 76.1 cm³/mol. The lowest BCUT2D eigenvalue weighted by molar-refractivity contribution is -0.123. The zero-order valence-electron chi connectivity index (χ0n) is 11.8. The van der Waals surface area contributed by atoms with Crippen LogP contribution in [0.3, 0.4) is 0 Å². The fraction of sp³-hybridized carbons (Fsp3) is 0.923. The molecule has 0 saturated carbocycles. The van der Waals surface area contributed by atoms with Crippen LogP contribution in [-0.4, -0.2) is 69.0 Å². The van der Waals surface area contributed by atoms with Crippen LogP contribution in [0.4, 0.5) is 0 Å². The topological polar surface area (TPSA) is 78.5 Å². The summed E-state index contributed by atoms with van der Waals surface area (Å²) in [6, 6.07) is 0.236. The molecule has 114 valence electrons. The smallest absolute Gasteiger partial charge is 0.234 e. The zero-order valence-corrected chi connectivity index (χ0v) is 12.7. The van der Waals surface area contributed by atoms with E-state index >= 15 is 0 Å². The maximum Gasteiger partial charge on any atom is 0.234 e. The van der Waals surface area contributed by atoms with Gasteiger partial charge in [0, 0.05) is 18.6 Å². The summed E-state index contributed by atoms with van der Waals surface area (Å²) in [5.74, 6) is 1.57. The van der Waals surface area contributed by atoms with E-state index < -0.39 is 9.84 Å². The molecule has 2 N–H and O–H groups in total. The Balaban J connectivity index is 1.50. The summed E-state index contributed by atoms with van der Waals surface area (Å²) >= 11 is 0. The van der Waals surface area contributed by atoms with Crippen molar-refractivity contribution in [2.24, 2.45) is 11.8 Å². The summed E-state index contributed by atoms with van der Waals surface area (Å²) in [5, 5.41) is 6.27. The minimum atomic E-state index is -2.93. The van der Waals surface area contributed by atoms with E-state index in [1.807, 2.05) is 0 Å². The van der Waals surface area contributed by atoms with Gasteiger partial charge in [0.15, 0.2) is 9.84 Å². The number of fused-ring (bicyclic) bond motifs is 1. The van der Waals surface area contributed by atoms with Crippen molar-refractivity contribution in [1.29, 1.82) is 0 Å². The molecular formula is C13H23N3O3S. The first-order chi connectivity index (χ1) is 9.44. The van der Waals surface area contributed by atoms with E-state index in [9.17, 15) is 13.2 Å². The lowest BCUT2D eigenvalue weighted by atomic mass is 9.95. The molecule has 0 bridgehead atoms. The summed E-state index contributed by atoms with van der Waals surface area (Å²) < 4.78 is 22.8. The largest absolute Gasteiger partial charge is 0.351 e. The van der Waals surface area contributed by atoms with E-state index in [0.29, 0.717) is 30.8 Å². The number of carbonyl (C=O) groups is 1. The molecule has 20 heavy (non-hydrogen) atoms. The number of carbonyl (C=O) groups excluding carboxylic acids is 1. The molecule has 0 aromatic heterocycles. The Morgan fingerprint density at radius 2 is 2.20 bits per heavy atom. The van der Waals surface area contributed by atoms with Crippen LogP contribution in [-0.2, 0) is 14.6 Å². The number of rotatable bonds is 3. The minimum absolute atomic E-state index is 0.0353. The second-order valence-corrected chi connectivity index (χ2v) is 8.65. The molecule has 4 atom stereocenters. The highest BCUT2D eigenvalue weighted by Gasteiger charge is 2.42. The Labute approximate surface area is 120 Å². The summed E-state index contributed by atoms with van der Waals surface area (Å²) in [4.78, 5) is 14.3. The number of sulfone groups is 1. The SMILES string of the molecule is CC1C2CNCC2CN1CC(=O)NC1CCS(=O)(=O)C1. The molecule has 0 radical (unpaired) electrons. The van der Waals surface area contributed by atoms with E-state index in [2.05, 4.69) is 22.5 Å². The predicted octanol–water partition coefficient (Wildman–Crippen LogP) is -1.17. The summed E-state index contributed by atoms with van der Waals surface area (Å²) in [6.45, 7) is 5.64. The van der Waals surface area contributed by atoms with Crippen molar-refractivity contribution in [3.05, 3.63) is 0 Å². The van der Waals surface area contributed by atoms with Gasteiger partial charge in [-0.3, -0.25) is 9.69 Å². The van der Waals surface area contributed by atoms with Gasteiger partial charge in [0.2, 0.25) is 5.91 Å². The van der Waals surface area contributed by atoms with Crippen molar-refractivity contribution < 1.29 is 13.2 Å². The van der Waals surface area contributed by atoms with Crippen LogP contribution in [0.25, 0.3) is 0 Å². The Bertz CT molecular complexity index is 493. The van der Waals surface area contributed by atoms with Crippen molar-refractivity contribution in [3.63, 3.8) is 0 Å². The lowest BCUT2D eigenvalue weighted by Gasteiger charge is -2.24. The van der Waals surface area contributed by atoms with E-state index in [1.54, 1.807) is 0 Å². The molecule has 0 aromatic carbocycles. The summed E-state index contributed by atoms with van der Waals surface area (Å²) in [5.41, 5.74) is 0. The molecule has 7 heteroatoms. The molecular weight excluding hydrogens is 278 g/mol. The van der Waals surface area contributed by atoms with Crippen LogP contribution in [0.5, 0.6) is 0 Å². The van der Waals surface area contributed by atoms with Crippen LogP contribution in [0.2, 0.25) is 0 Å². The van der Waals surface area contributed by atoms with Gasteiger partial charge in [0.1, 0.15) is 0 Å². The van der Waals surface area contributed by atoms with Gasteiger partial charge >= 0.3 is 0 Å². The van der Waals surface area contributed by atoms with Crippen molar-refractivity contribution in [2.45, 2.75) is 25.4 Å². The first-order valence-electron chi connectivity index (χ1n) is 7.39. The molecule has 3 rings (SSSR count). The van der Waals surface area contributed by atoms with Gasteiger partial charge in [-0.15, -0.1) is 0 Å². The molecule has 0 spiro atoms. The standard InChI is InChI=1S/C13H23N3O3S/c1-9-12-5-14-4-10(12)6-16(9)7-13(17)15-11-2-3-20(18,19)8-11/h9-12,14H,2-8H2,1H3,(H,15,17). The molecule has 3 aliphatic rings. The van der Waals surface area contributed by atoms with Gasteiger partial charge in [-0.05, 0) is 38.3 Å². The molecule has 0 aromatic rings. The maximum atomic E-state index is 12.1. The summed E-state index contributed by atoms with van der Waals surface area (Å²) in [7, 11) is -2.93. The normalized spacial score (nSPS) is 39.9. The Morgan fingerprint density at radius 1 is 1.40 bits per heavy atom. The number of nitrogens with one attached hydrogen (secondary N) is 2. The second kappa shape index (κ2) is 5.27. The van der Waals surface area contributed by atoms with Crippen LogP contribution in [0, 0.1) is 11.8 Å². The van der Waals surface area contributed by atoms with E-state index in [1.165, 1.54) is 0 Å². The third-order valence-electron chi connectivity index (χ3n) is 5.00. The molecule has 3 saturated heterocycles. The molecule has 6 nitrogen and oxygen atoms in total. The lowest BCUT2D eigenvalue weighted by Crippen LogP contribution is -2.44. The Hall–Kier alpha value is -0.660. The first kappa shape index (κ1) is 14.3. The average molecular weight is 301 g/mol. The number of likely N-dealkylation sites (tertiary alicyclic amines) is 1. The molecule has 3 aliphatic heterocycles. The van der Waals surface area contributed by atoms with Crippen molar-refractivity contribution >= 4 is 15.7 Å². The van der Waals surface area contributed by atoms with E-state index in [4.69, 9.17) is 0 Å². The summed E-state index contributed by atoms with van der Waals surface area (Å²) in [6.07, 6.45) is 0.554. The van der Waals surface area contributed by atoms with Crippen LogP contribution in [0.1, 0.15) is 13.3 Å². The highest BCUT2D eigenvalue weighted by atomic mass is 32.2. The zero-order chi connectivity index (χ0) is 14.3. The number of amides is 1. The minimum Gasteiger partial charge on any atom is -0.351 e. The van der Waals surface area contributed by atoms with Gasteiger partial charge in [-0.25, -0.2) is 8.42 Å². The number of nitrogens with zero attached hydrogens (tertiary/aromatic N) is 1. The van der Waals surface area contributed by atoms with Crippen LogP contribution in [0.15, 0.2) is 0 Å².